The first-order chi connectivity index (χ1) is 16.3. The summed E-state index contributed by atoms with van der Waals surface area (Å²) in [6.45, 7) is 2.18. The molecule has 9 nitrogen and oxygen atoms in total. The molecule has 3 rings (SSSR count). The number of anilines is 1. The van der Waals surface area contributed by atoms with Crippen molar-refractivity contribution < 1.29 is 23.6 Å². The van der Waals surface area contributed by atoms with Gasteiger partial charge < -0.3 is 14.8 Å². The molecule has 0 fully saturated rings. The number of halogens is 2. The lowest BCUT2D eigenvalue weighted by molar-refractivity contribution is -0.385. The topological polar surface area (TPSA) is 116 Å². The number of ether oxygens (including phenoxy) is 2. The summed E-state index contributed by atoms with van der Waals surface area (Å²) in [5.74, 6) is -1.26. The zero-order chi connectivity index (χ0) is 24.7. The van der Waals surface area contributed by atoms with Gasteiger partial charge in [-0.1, -0.05) is 29.8 Å². The van der Waals surface area contributed by atoms with Crippen molar-refractivity contribution in [1.29, 1.82) is 0 Å². The number of carbonyl (C=O) groups is 1. The lowest BCUT2D eigenvalue weighted by atomic mass is 10.1. The normalized spacial score (nSPS) is 10.8. The van der Waals surface area contributed by atoms with Gasteiger partial charge in [0.1, 0.15) is 11.6 Å². The van der Waals surface area contributed by atoms with Gasteiger partial charge >= 0.3 is 5.97 Å². The van der Waals surface area contributed by atoms with Crippen LogP contribution in [-0.2, 0) is 16.0 Å². The van der Waals surface area contributed by atoms with E-state index in [-0.39, 0.29) is 45.7 Å². The smallest absolute Gasteiger partial charge is 0.357 e. The molecule has 0 spiro atoms. The van der Waals surface area contributed by atoms with E-state index in [0.717, 1.165) is 6.07 Å². The molecule has 11 heteroatoms. The Morgan fingerprint density at radius 1 is 1.26 bits per heavy atom. The molecule has 0 radical (unpaired) electrons. The molecule has 3 aromatic rings. The predicted molar refractivity (Wildman–Crippen MR) is 125 cm³/mol. The van der Waals surface area contributed by atoms with E-state index in [9.17, 15) is 19.3 Å². The highest BCUT2D eigenvalue weighted by molar-refractivity contribution is 6.30. The van der Waals surface area contributed by atoms with Crippen molar-refractivity contribution in [3.8, 4) is 11.4 Å². The molecule has 0 atom stereocenters. The van der Waals surface area contributed by atoms with Crippen LogP contribution in [0.2, 0.25) is 5.02 Å². The average Bonchev–Trinajstić information content (AvgIpc) is 2.84. The van der Waals surface area contributed by atoms with Crippen molar-refractivity contribution in [2.75, 3.05) is 19.0 Å². The minimum atomic E-state index is -0.761. The molecule has 1 aromatic heterocycles. The summed E-state index contributed by atoms with van der Waals surface area (Å²) in [5.41, 5.74) is 0.704. The number of nitro groups is 1. The number of nitrogens with one attached hydrogen (secondary N) is 1. The van der Waals surface area contributed by atoms with Gasteiger partial charge in [0, 0.05) is 23.7 Å². The molecule has 1 N–H and O–H groups in total. The van der Waals surface area contributed by atoms with Crippen LogP contribution < -0.4 is 5.32 Å². The van der Waals surface area contributed by atoms with Gasteiger partial charge in [-0.2, -0.15) is 0 Å². The van der Waals surface area contributed by atoms with E-state index < -0.39 is 16.7 Å². The molecule has 1 heterocycles. The quantitative estimate of drug-likeness (QED) is 0.188. The van der Waals surface area contributed by atoms with Crippen LogP contribution in [0.15, 0.2) is 48.7 Å². The fraction of sp³-hybridized carbons (Fsp3) is 0.174. The number of hydrogen-bond acceptors (Lipinski definition) is 8. The van der Waals surface area contributed by atoms with Gasteiger partial charge in [0.2, 0.25) is 0 Å². The van der Waals surface area contributed by atoms with Crippen LogP contribution >= 0.6 is 11.6 Å². The van der Waals surface area contributed by atoms with E-state index in [4.69, 9.17) is 21.1 Å². The first-order valence-corrected chi connectivity index (χ1v) is 10.4. The predicted octanol–water partition coefficient (Wildman–Crippen LogP) is 5.25. The van der Waals surface area contributed by atoms with Gasteiger partial charge in [-0.05, 0) is 31.2 Å². The molecule has 0 amide bonds. The Hall–Kier alpha value is -4.05. The number of nitrogens with zero attached hydrogens (tertiary/aromatic N) is 3. The third-order valence-corrected chi connectivity index (χ3v) is 4.94. The maximum atomic E-state index is 14.1. The monoisotopic (exact) mass is 486 g/mol. The molecular weight excluding hydrogens is 467 g/mol. The van der Waals surface area contributed by atoms with Crippen molar-refractivity contribution in [1.82, 2.24) is 9.97 Å². The number of aromatic nitrogens is 2. The molecule has 0 saturated heterocycles. The maximum absolute atomic E-state index is 14.1. The van der Waals surface area contributed by atoms with E-state index in [1.165, 1.54) is 37.6 Å². The standard InChI is InChI=1S/C23H20ClFN4O5/c1-3-34-11-10-16-20(23(30)33-2)27-21(14-8-9-17(24)18(25)12-14)28-22(16)26-13-15-6-4-5-7-19(15)29(31)32/h4-12H,3,13H2,1-2H3,(H,26,27,28). The molecule has 0 saturated carbocycles. The number of rotatable bonds is 9. The van der Waals surface area contributed by atoms with Crippen LogP contribution in [0.3, 0.4) is 0 Å². The Morgan fingerprint density at radius 3 is 2.71 bits per heavy atom. The average molecular weight is 487 g/mol. The van der Waals surface area contributed by atoms with Crippen LogP contribution in [0.4, 0.5) is 15.9 Å². The van der Waals surface area contributed by atoms with Crippen LogP contribution in [0, 0.1) is 15.9 Å². The molecule has 176 valence electrons. The summed E-state index contributed by atoms with van der Waals surface area (Å²) in [4.78, 5) is 32.1. The van der Waals surface area contributed by atoms with E-state index in [2.05, 4.69) is 15.3 Å². The molecule has 0 aliphatic carbocycles. The Balaban J connectivity index is 2.14. The largest absolute Gasteiger partial charge is 0.501 e. The summed E-state index contributed by atoms with van der Waals surface area (Å²) in [6.07, 6.45) is 2.84. The highest BCUT2D eigenvalue weighted by atomic mass is 35.5. The van der Waals surface area contributed by atoms with E-state index in [0.29, 0.717) is 12.2 Å². The number of methoxy groups -OCH3 is 1. The number of benzene rings is 2. The van der Waals surface area contributed by atoms with Crippen molar-refractivity contribution in [2.45, 2.75) is 13.5 Å². The van der Waals surface area contributed by atoms with Crippen LogP contribution in [0.1, 0.15) is 28.5 Å². The summed E-state index contributed by atoms with van der Waals surface area (Å²) in [6, 6.07) is 10.2. The van der Waals surface area contributed by atoms with Gasteiger partial charge in [-0.3, -0.25) is 10.1 Å². The minimum Gasteiger partial charge on any atom is -0.501 e. The van der Waals surface area contributed by atoms with Crippen LogP contribution in [-0.4, -0.2) is 34.6 Å². The third kappa shape index (κ3) is 5.65. The van der Waals surface area contributed by atoms with Crippen molar-refractivity contribution >= 4 is 35.2 Å². The van der Waals surface area contributed by atoms with E-state index in [1.54, 1.807) is 25.1 Å². The molecule has 34 heavy (non-hydrogen) atoms. The second-order valence-corrected chi connectivity index (χ2v) is 7.18. The highest BCUT2D eigenvalue weighted by Crippen LogP contribution is 2.28. The van der Waals surface area contributed by atoms with E-state index in [1.807, 2.05) is 0 Å². The van der Waals surface area contributed by atoms with Crippen molar-refractivity contribution in [3.05, 3.63) is 86.5 Å². The second-order valence-electron chi connectivity index (χ2n) is 6.78. The second kappa shape index (κ2) is 11.2. The first kappa shape index (κ1) is 24.6. The number of para-hydroxylation sites is 1. The number of hydrogen-bond donors (Lipinski definition) is 1. The number of esters is 1. The Labute approximate surface area is 199 Å². The zero-order valence-corrected chi connectivity index (χ0v) is 19.0. The maximum Gasteiger partial charge on any atom is 0.357 e. The minimum absolute atomic E-state index is 0.0126. The van der Waals surface area contributed by atoms with Gasteiger partial charge in [0.15, 0.2) is 11.5 Å². The third-order valence-electron chi connectivity index (χ3n) is 4.63. The summed E-state index contributed by atoms with van der Waals surface area (Å²) >= 11 is 5.78. The zero-order valence-electron chi connectivity index (χ0n) is 18.2. The first-order valence-electron chi connectivity index (χ1n) is 10.1. The summed E-state index contributed by atoms with van der Waals surface area (Å²) in [7, 11) is 1.20. The summed E-state index contributed by atoms with van der Waals surface area (Å²) in [5, 5.41) is 14.3. The molecular formula is C23H20ClFN4O5. The fourth-order valence-corrected chi connectivity index (χ4v) is 3.13. The Kier molecular flexibility index (Phi) is 8.10. The lowest BCUT2D eigenvalue weighted by Gasteiger charge is -2.14. The van der Waals surface area contributed by atoms with Crippen LogP contribution in [0.25, 0.3) is 17.5 Å². The molecule has 2 aromatic carbocycles. The van der Waals surface area contributed by atoms with Gasteiger partial charge in [0.05, 0.1) is 35.5 Å². The van der Waals surface area contributed by atoms with Crippen molar-refractivity contribution in [2.24, 2.45) is 0 Å². The lowest BCUT2D eigenvalue weighted by Crippen LogP contribution is -2.14. The van der Waals surface area contributed by atoms with E-state index >= 15 is 0 Å². The Bertz CT molecular complexity index is 1250. The van der Waals surface area contributed by atoms with Crippen LogP contribution in [0.5, 0.6) is 0 Å². The fourth-order valence-electron chi connectivity index (χ4n) is 3.01. The Morgan fingerprint density at radius 2 is 2.03 bits per heavy atom. The SMILES string of the molecule is CCOC=Cc1c(NCc2ccccc2[N+](=O)[O-])nc(-c2ccc(Cl)c(F)c2)nc1C(=O)OC. The number of carbonyl (C=O) groups excluding carboxylic acids is 1. The van der Waals surface area contributed by atoms with Gasteiger partial charge in [-0.15, -0.1) is 0 Å². The molecule has 0 bridgehead atoms. The molecule has 0 aliphatic heterocycles. The molecule has 0 unspecified atom stereocenters. The molecule has 0 aliphatic rings. The van der Waals surface area contributed by atoms with Gasteiger partial charge in [-0.25, -0.2) is 19.2 Å². The number of nitro benzene ring substituents is 1. The van der Waals surface area contributed by atoms with Gasteiger partial charge in [0.25, 0.3) is 5.69 Å². The summed E-state index contributed by atoms with van der Waals surface area (Å²) < 4.78 is 24.2. The van der Waals surface area contributed by atoms with Crippen molar-refractivity contribution in [3.63, 3.8) is 0 Å². The highest BCUT2D eigenvalue weighted by Gasteiger charge is 2.21.